The minimum absolute atomic E-state index is 0.110. The van der Waals surface area contributed by atoms with Crippen molar-refractivity contribution in [2.45, 2.75) is 11.9 Å². The highest BCUT2D eigenvalue weighted by molar-refractivity contribution is 7.89. The lowest BCUT2D eigenvalue weighted by Gasteiger charge is -2.33. The van der Waals surface area contributed by atoms with E-state index in [4.69, 9.17) is 11.6 Å². The molecular formula is C23H21ClN6O3S. The van der Waals surface area contributed by atoms with Gasteiger partial charge in [-0.15, -0.1) is 0 Å². The first kappa shape index (κ1) is 22.5. The number of carbonyl (C=O) groups excluding carboxylic acids is 1. The summed E-state index contributed by atoms with van der Waals surface area (Å²) >= 11 is 6.01. The number of hydrogen-bond donors (Lipinski definition) is 1. The number of carbonyl (C=O) groups is 1. The molecule has 11 heteroatoms. The van der Waals surface area contributed by atoms with Gasteiger partial charge in [0.25, 0.3) is 15.9 Å². The van der Waals surface area contributed by atoms with Crippen LogP contribution in [0.4, 0.5) is 0 Å². The Morgan fingerprint density at radius 2 is 1.76 bits per heavy atom. The molecule has 4 heterocycles. The van der Waals surface area contributed by atoms with Gasteiger partial charge in [0.15, 0.2) is 5.82 Å². The summed E-state index contributed by atoms with van der Waals surface area (Å²) in [6.45, 7) is 2.80. The van der Waals surface area contributed by atoms with Crippen LogP contribution in [0.1, 0.15) is 16.1 Å². The average Bonchev–Trinajstić information content (AvgIpc) is 3.28. The van der Waals surface area contributed by atoms with Crippen molar-refractivity contribution in [3.8, 4) is 11.5 Å². The molecule has 3 aromatic heterocycles. The van der Waals surface area contributed by atoms with Gasteiger partial charge in [0, 0.05) is 60.2 Å². The van der Waals surface area contributed by atoms with Gasteiger partial charge in [0.1, 0.15) is 10.7 Å². The van der Waals surface area contributed by atoms with Crippen molar-refractivity contribution in [3.63, 3.8) is 0 Å². The molecule has 0 bridgehead atoms. The highest BCUT2D eigenvalue weighted by Gasteiger charge is 2.31. The maximum atomic E-state index is 13.1. The Hall–Kier alpha value is -3.34. The fourth-order valence-electron chi connectivity index (χ4n) is 3.91. The number of hydrogen-bond acceptors (Lipinski definition) is 6. The van der Waals surface area contributed by atoms with E-state index < -0.39 is 10.0 Å². The number of nitrogens with one attached hydrogen (secondary N) is 1. The standard InChI is InChI=1S/C23H21ClN6O3S/c1-15-3-2-4-20(27-15)22-25-13-17(14-26-22)23(31)29-7-9-30(10-8-29)34(32,33)21-12-16-11-18(24)5-6-19(16)28-21/h2-6,11-14,28H,7-10H2,1H3. The molecule has 34 heavy (non-hydrogen) atoms. The number of nitrogens with zero attached hydrogens (tertiary/aromatic N) is 5. The molecule has 0 saturated carbocycles. The summed E-state index contributed by atoms with van der Waals surface area (Å²) in [5.41, 5.74) is 2.53. The first-order chi connectivity index (χ1) is 16.3. The first-order valence-corrected chi connectivity index (χ1v) is 12.5. The minimum Gasteiger partial charge on any atom is -0.345 e. The molecule has 9 nitrogen and oxygen atoms in total. The van der Waals surface area contributed by atoms with E-state index in [1.807, 2.05) is 25.1 Å². The van der Waals surface area contributed by atoms with Crippen molar-refractivity contribution < 1.29 is 13.2 Å². The number of halogens is 1. The van der Waals surface area contributed by atoms with E-state index in [-0.39, 0.29) is 37.1 Å². The van der Waals surface area contributed by atoms with Crippen molar-refractivity contribution in [2.75, 3.05) is 26.2 Å². The average molecular weight is 497 g/mol. The Morgan fingerprint density at radius 1 is 1.03 bits per heavy atom. The minimum atomic E-state index is -3.73. The van der Waals surface area contributed by atoms with Crippen molar-refractivity contribution in [1.82, 2.24) is 29.1 Å². The summed E-state index contributed by atoms with van der Waals surface area (Å²) < 4.78 is 27.6. The topological polar surface area (TPSA) is 112 Å². The Labute approximate surface area is 201 Å². The summed E-state index contributed by atoms with van der Waals surface area (Å²) in [6, 6.07) is 12.3. The lowest BCUT2D eigenvalue weighted by atomic mass is 10.2. The summed E-state index contributed by atoms with van der Waals surface area (Å²) in [4.78, 5) is 30.4. The third kappa shape index (κ3) is 4.27. The van der Waals surface area contributed by atoms with E-state index in [2.05, 4.69) is 19.9 Å². The predicted molar refractivity (Wildman–Crippen MR) is 128 cm³/mol. The Balaban J connectivity index is 1.26. The molecule has 4 aromatic rings. The maximum Gasteiger partial charge on any atom is 0.258 e. The molecule has 1 amide bonds. The monoisotopic (exact) mass is 496 g/mol. The zero-order valence-corrected chi connectivity index (χ0v) is 19.8. The number of amides is 1. The number of piperazine rings is 1. The zero-order chi connectivity index (χ0) is 23.9. The Bertz CT molecular complexity index is 1480. The van der Waals surface area contributed by atoms with Crippen molar-refractivity contribution in [2.24, 2.45) is 0 Å². The van der Waals surface area contributed by atoms with Crippen LogP contribution in [0.15, 0.2) is 59.9 Å². The molecule has 1 N–H and O–H groups in total. The number of fused-ring (bicyclic) bond motifs is 1. The van der Waals surface area contributed by atoms with E-state index in [1.54, 1.807) is 29.2 Å². The van der Waals surface area contributed by atoms with Gasteiger partial charge in [-0.3, -0.25) is 4.79 Å². The van der Waals surface area contributed by atoms with E-state index in [9.17, 15) is 13.2 Å². The lowest BCUT2D eigenvalue weighted by Crippen LogP contribution is -2.50. The molecule has 5 rings (SSSR count). The molecule has 0 atom stereocenters. The number of aromatic amines is 1. The Morgan fingerprint density at radius 3 is 2.47 bits per heavy atom. The van der Waals surface area contributed by atoms with Crippen LogP contribution in [0.25, 0.3) is 22.4 Å². The van der Waals surface area contributed by atoms with Gasteiger partial charge in [0.2, 0.25) is 0 Å². The fourth-order valence-corrected chi connectivity index (χ4v) is 5.52. The summed E-state index contributed by atoms with van der Waals surface area (Å²) in [5.74, 6) is 0.205. The first-order valence-electron chi connectivity index (χ1n) is 10.6. The molecule has 1 aliphatic rings. The van der Waals surface area contributed by atoms with Crippen LogP contribution in [0, 0.1) is 6.92 Å². The molecule has 1 aromatic carbocycles. The number of rotatable bonds is 4. The number of benzene rings is 1. The molecule has 0 aliphatic carbocycles. The maximum absolute atomic E-state index is 13.1. The van der Waals surface area contributed by atoms with Gasteiger partial charge in [-0.25, -0.2) is 23.4 Å². The SMILES string of the molecule is Cc1cccc(-c2ncc(C(=O)N3CCN(S(=O)(=O)c4cc5cc(Cl)ccc5[nH]4)CC3)cn2)n1. The van der Waals surface area contributed by atoms with Gasteiger partial charge >= 0.3 is 0 Å². The normalized spacial score (nSPS) is 15.1. The van der Waals surface area contributed by atoms with E-state index >= 15 is 0 Å². The largest absolute Gasteiger partial charge is 0.345 e. The molecule has 1 saturated heterocycles. The lowest BCUT2D eigenvalue weighted by molar-refractivity contribution is 0.0697. The van der Waals surface area contributed by atoms with Crippen LogP contribution >= 0.6 is 11.6 Å². The number of H-pyrrole nitrogens is 1. The van der Waals surface area contributed by atoms with Crippen molar-refractivity contribution in [1.29, 1.82) is 0 Å². The van der Waals surface area contributed by atoms with Gasteiger partial charge < -0.3 is 9.88 Å². The molecule has 1 aliphatic heterocycles. The molecule has 0 spiro atoms. The smallest absolute Gasteiger partial charge is 0.258 e. The quantitative estimate of drug-likeness (QED) is 0.464. The molecule has 1 fully saturated rings. The molecule has 0 radical (unpaired) electrons. The summed E-state index contributed by atoms with van der Waals surface area (Å²) in [5, 5.41) is 1.37. The fraction of sp³-hybridized carbons (Fsp3) is 0.217. The van der Waals surface area contributed by atoms with Crippen LogP contribution in [0.2, 0.25) is 5.02 Å². The Kier molecular flexibility index (Phi) is 5.80. The highest BCUT2D eigenvalue weighted by atomic mass is 35.5. The molecule has 0 unspecified atom stereocenters. The third-order valence-corrected chi connectivity index (χ3v) is 7.77. The van der Waals surface area contributed by atoms with Gasteiger partial charge in [-0.05, 0) is 43.3 Å². The predicted octanol–water partition coefficient (Wildman–Crippen LogP) is 3.13. The summed E-state index contributed by atoms with van der Waals surface area (Å²) in [6.07, 6.45) is 2.96. The van der Waals surface area contributed by atoms with Crippen LogP contribution in [-0.4, -0.2) is 69.6 Å². The van der Waals surface area contributed by atoms with Gasteiger partial charge in [-0.1, -0.05) is 17.7 Å². The second-order valence-corrected chi connectivity index (χ2v) is 10.4. The highest BCUT2D eigenvalue weighted by Crippen LogP contribution is 2.25. The van der Waals surface area contributed by atoms with Crippen LogP contribution in [0.3, 0.4) is 0 Å². The van der Waals surface area contributed by atoms with Crippen LogP contribution in [0.5, 0.6) is 0 Å². The number of sulfonamides is 1. The van der Waals surface area contributed by atoms with Crippen molar-refractivity contribution >= 4 is 38.4 Å². The van der Waals surface area contributed by atoms with Crippen molar-refractivity contribution in [3.05, 3.63) is 71.1 Å². The molecule has 174 valence electrons. The zero-order valence-electron chi connectivity index (χ0n) is 18.3. The van der Waals surface area contributed by atoms with Crippen LogP contribution in [-0.2, 0) is 10.0 Å². The van der Waals surface area contributed by atoms with E-state index in [0.29, 0.717) is 27.6 Å². The third-order valence-electron chi connectivity index (χ3n) is 5.72. The van der Waals surface area contributed by atoms with E-state index in [0.717, 1.165) is 11.1 Å². The van der Waals surface area contributed by atoms with Gasteiger partial charge in [-0.2, -0.15) is 4.31 Å². The number of aryl methyl sites for hydroxylation is 1. The van der Waals surface area contributed by atoms with E-state index in [1.165, 1.54) is 16.7 Å². The second-order valence-electron chi connectivity index (χ2n) is 8.02. The second kappa shape index (κ2) is 8.79. The number of pyridine rings is 1. The number of aromatic nitrogens is 4. The van der Waals surface area contributed by atoms with Crippen LogP contribution < -0.4 is 0 Å². The summed E-state index contributed by atoms with van der Waals surface area (Å²) in [7, 11) is -3.73. The molecular weight excluding hydrogens is 476 g/mol. The van der Waals surface area contributed by atoms with Gasteiger partial charge in [0.05, 0.1) is 5.56 Å².